The van der Waals surface area contributed by atoms with Gasteiger partial charge in [-0.1, -0.05) is 12.2 Å². The minimum atomic E-state index is -0.438. The lowest BCUT2D eigenvalue weighted by Gasteiger charge is -2.09. The van der Waals surface area contributed by atoms with Crippen molar-refractivity contribution in [2.45, 2.75) is 20.4 Å². The first-order chi connectivity index (χ1) is 7.41. The summed E-state index contributed by atoms with van der Waals surface area (Å²) >= 11 is 4.76. The van der Waals surface area contributed by atoms with Crippen molar-refractivity contribution in [1.82, 2.24) is 15.1 Å². The Kier molecular flexibility index (Phi) is 4.00. The van der Waals surface area contributed by atoms with Crippen molar-refractivity contribution in [3.05, 3.63) is 17.5 Å². The molecule has 0 aromatic carbocycles. The molecule has 1 amide bonds. The SMILES string of the molecule is Cc1nn(C)cc1CNC(=O)C(C)C(N)=S. The first-order valence-corrected chi connectivity index (χ1v) is 5.38. The number of amides is 1. The van der Waals surface area contributed by atoms with Gasteiger partial charge in [-0.05, 0) is 13.8 Å². The van der Waals surface area contributed by atoms with Crippen LogP contribution >= 0.6 is 12.2 Å². The third-order valence-corrected chi connectivity index (χ3v) is 2.74. The number of nitrogens with zero attached hydrogens (tertiary/aromatic N) is 2. The minimum Gasteiger partial charge on any atom is -0.393 e. The van der Waals surface area contributed by atoms with Crippen LogP contribution in [0.3, 0.4) is 0 Å². The van der Waals surface area contributed by atoms with E-state index in [9.17, 15) is 4.79 Å². The van der Waals surface area contributed by atoms with E-state index in [0.29, 0.717) is 6.54 Å². The molecule has 1 aromatic rings. The molecule has 1 rings (SSSR count). The molecule has 16 heavy (non-hydrogen) atoms. The van der Waals surface area contributed by atoms with E-state index in [-0.39, 0.29) is 10.9 Å². The van der Waals surface area contributed by atoms with Gasteiger partial charge < -0.3 is 11.1 Å². The molecule has 1 atom stereocenters. The van der Waals surface area contributed by atoms with Crippen LogP contribution in [0, 0.1) is 12.8 Å². The van der Waals surface area contributed by atoms with E-state index in [1.54, 1.807) is 11.6 Å². The molecule has 0 bridgehead atoms. The van der Waals surface area contributed by atoms with Crippen molar-refractivity contribution >= 4 is 23.1 Å². The molecule has 88 valence electrons. The Morgan fingerprint density at radius 1 is 1.75 bits per heavy atom. The van der Waals surface area contributed by atoms with Gasteiger partial charge in [-0.25, -0.2) is 0 Å². The van der Waals surface area contributed by atoms with E-state index in [2.05, 4.69) is 10.4 Å². The molecule has 0 saturated heterocycles. The molecular weight excluding hydrogens is 224 g/mol. The van der Waals surface area contributed by atoms with Crippen molar-refractivity contribution in [3.63, 3.8) is 0 Å². The molecule has 0 aliphatic rings. The van der Waals surface area contributed by atoms with Crippen molar-refractivity contribution in [1.29, 1.82) is 0 Å². The highest BCUT2D eigenvalue weighted by Gasteiger charge is 2.15. The molecule has 1 heterocycles. The highest BCUT2D eigenvalue weighted by Crippen LogP contribution is 2.04. The van der Waals surface area contributed by atoms with Gasteiger partial charge in [0.15, 0.2) is 0 Å². The molecule has 3 N–H and O–H groups in total. The summed E-state index contributed by atoms with van der Waals surface area (Å²) in [4.78, 5) is 11.8. The van der Waals surface area contributed by atoms with Gasteiger partial charge in [-0.2, -0.15) is 5.10 Å². The molecule has 0 radical (unpaired) electrons. The van der Waals surface area contributed by atoms with Crippen LogP contribution in [0.2, 0.25) is 0 Å². The lowest BCUT2D eigenvalue weighted by molar-refractivity contribution is -0.122. The first kappa shape index (κ1) is 12.6. The third kappa shape index (κ3) is 3.03. The number of aryl methyl sites for hydroxylation is 2. The number of rotatable bonds is 4. The van der Waals surface area contributed by atoms with Crippen LogP contribution in [-0.4, -0.2) is 20.7 Å². The topological polar surface area (TPSA) is 72.9 Å². The normalized spacial score (nSPS) is 12.2. The van der Waals surface area contributed by atoms with Crippen LogP contribution in [-0.2, 0) is 18.4 Å². The third-order valence-electron chi connectivity index (χ3n) is 2.39. The fourth-order valence-corrected chi connectivity index (χ4v) is 1.39. The van der Waals surface area contributed by atoms with Crippen LogP contribution < -0.4 is 11.1 Å². The second-order valence-electron chi connectivity index (χ2n) is 3.76. The summed E-state index contributed by atoms with van der Waals surface area (Å²) in [5.74, 6) is -0.595. The Morgan fingerprint density at radius 3 is 2.81 bits per heavy atom. The van der Waals surface area contributed by atoms with Crippen molar-refractivity contribution in [2.75, 3.05) is 0 Å². The summed E-state index contributed by atoms with van der Waals surface area (Å²) in [6.45, 7) is 4.04. The maximum atomic E-state index is 11.6. The van der Waals surface area contributed by atoms with Crippen molar-refractivity contribution < 1.29 is 4.79 Å². The fraction of sp³-hybridized carbons (Fsp3) is 0.500. The molecule has 5 nitrogen and oxygen atoms in total. The molecule has 0 saturated carbocycles. The van der Waals surface area contributed by atoms with Gasteiger partial charge in [-0.15, -0.1) is 0 Å². The standard InChI is InChI=1S/C10H16N4OS/c1-6(9(11)16)10(15)12-4-8-5-14(3)13-7(8)2/h5-6H,4H2,1-3H3,(H2,11,16)(H,12,15). The van der Waals surface area contributed by atoms with Crippen LogP contribution in [0.1, 0.15) is 18.2 Å². The van der Waals surface area contributed by atoms with Gasteiger partial charge in [0.25, 0.3) is 0 Å². The average Bonchev–Trinajstić information content (AvgIpc) is 2.52. The van der Waals surface area contributed by atoms with Gasteiger partial charge in [0.2, 0.25) is 5.91 Å². The maximum Gasteiger partial charge on any atom is 0.229 e. The number of hydrogen-bond acceptors (Lipinski definition) is 3. The highest BCUT2D eigenvalue weighted by molar-refractivity contribution is 7.80. The number of thiocarbonyl (C=S) groups is 1. The summed E-state index contributed by atoms with van der Waals surface area (Å²) in [5.41, 5.74) is 7.29. The summed E-state index contributed by atoms with van der Waals surface area (Å²) in [6.07, 6.45) is 1.88. The fourth-order valence-electron chi connectivity index (χ4n) is 1.29. The molecular formula is C10H16N4OS. The predicted molar refractivity (Wildman–Crippen MR) is 65.7 cm³/mol. The van der Waals surface area contributed by atoms with Crippen LogP contribution in [0.4, 0.5) is 0 Å². The lowest BCUT2D eigenvalue weighted by atomic mass is 10.1. The number of hydrogen-bond donors (Lipinski definition) is 2. The van der Waals surface area contributed by atoms with E-state index in [1.165, 1.54) is 0 Å². The molecule has 0 fully saturated rings. The second kappa shape index (κ2) is 5.07. The van der Waals surface area contributed by atoms with Gasteiger partial charge in [0, 0.05) is 25.4 Å². The molecule has 1 unspecified atom stereocenters. The monoisotopic (exact) mass is 240 g/mol. The van der Waals surface area contributed by atoms with Crippen molar-refractivity contribution in [2.24, 2.45) is 18.7 Å². The number of aromatic nitrogens is 2. The Labute approximate surface area is 100 Å². The molecule has 0 spiro atoms. The molecule has 0 aliphatic carbocycles. The number of nitrogens with two attached hydrogens (primary N) is 1. The number of nitrogens with one attached hydrogen (secondary N) is 1. The molecule has 0 aliphatic heterocycles. The van der Waals surface area contributed by atoms with Gasteiger partial charge in [0.05, 0.1) is 16.6 Å². The smallest absolute Gasteiger partial charge is 0.229 e. The first-order valence-electron chi connectivity index (χ1n) is 4.98. The van der Waals surface area contributed by atoms with Gasteiger partial charge in [0.1, 0.15) is 0 Å². The molecule has 1 aromatic heterocycles. The zero-order valence-electron chi connectivity index (χ0n) is 9.65. The Balaban J connectivity index is 2.55. The van der Waals surface area contributed by atoms with Crippen LogP contribution in [0.5, 0.6) is 0 Å². The van der Waals surface area contributed by atoms with E-state index in [1.807, 2.05) is 20.2 Å². The second-order valence-corrected chi connectivity index (χ2v) is 4.23. The summed E-state index contributed by atoms with van der Waals surface area (Å²) in [6, 6.07) is 0. The van der Waals surface area contributed by atoms with Crippen LogP contribution in [0.25, 0.3) is 0 Å². The van der Waals surface area contributed by atoms with E-state index >= 15 is 0 Å². The minimum absolute atomic E-state index is 0.157. The van der Waals surface area contributed by atoms with E-state index < -0.39 is 5.92 Å². The summed E-state index contributed by atoms with van der Waals surface area (Å²) in [7, 11) is 1.84. The molecule has 6 heteroatoms. The Morgan fingerprint density at radius 2 is 2.38 bits per heavy atom. The quantitative estimate of drug-likeness (QED) is 0.741. The highest BCUT2D eigenvalue weighted by atomic mass is 32.1. The number of carbonyl (C=O) groups is 1. The number of carbonyl (C=O) groups excluding carboxylic acids is 1. The van der Waals surface area contributed by atoms with E-state index in [0.717, 1.165) is 11.3 Å². The Bertz CT molecular complexity index is 413. The van der Waals surface area contributed by atoms with Crippen molar-refractivity contribution in [3.8, 4) is 0 Å². The summed E-state index contributed by atoms with van der Waals surface area (Å²) < 4.78 is 1.72. The lowest BCUT2D eigenvalue weighted by Crippen LogP contribution is -2.35. The summed E-state index contributed by atoms with van der Waals surface area (Å²) in [5, 5.41) is 6.96. The van der Waals surface area contributed by atoms with E-state index in [4.69, 9.17) is 18.0 Å². The average molecular weight is 240 g/mol. The van der Waals surface area contributed by atoms with Crippen LogP contribution in [0.15, 0.2) is 6.20 Å². The predicted octanol–water partition coefficient (Wildman–Crippen LogP) is 0.267. The van der Waals surface area contributed by atoms with Gasteiger partial charge in [-0.3, -0.25) is 9.48 Å². The Hall–Kier alpha value is -1.43. The maximum absolute atomic E-state index is 11.6. The zero-order chi connectivity index (χ0) is 12.3. The zero-order valence-corrected chi connectivity index (χ0v) is 10.5. The largest absolute Gasteiger partial charge is 0.393 e. The van der Waals surface area contributed by atoms with Gasteiger partial charge >= 0.3 is 0 Å².